The molecule has 1 aliphatic rings. The van der Waals surface area contributed by atoms with Crippen LogP contribution in [0.1, 0.15) is 56.6 Å². The summed E-state index contributed by atoms with van der Waals surface area (Å²) >= 11 is 14.1. The molecule has 2 amide bonds. The first-order valence-electron chi connectivity index (χ1n) is 11.7. The van der Waals surface area contributed by atoms with Gasteiger partial charge in [0.25, 0.3) is 0 Å². The maximum atomic E-state index is 14.0. The minimum Gasteiger partial charge on any atom is -0.352 e. The number of carbonyl (C=O) groups excluding carboxylic acids is 2. The summed E-state index contributed by atoms with van der Waals surface area (Å²) in [6, 6.07) is 11.2. The Morgan fingerprint density at radius 2 is 1.76 bits per heavy atom. The first kappa shape index (κ1) is 26.8. The third-order valence-corrected chi connectivity index (χ3v) is 7.84. The molecule has 1 unspecified atom stereocenters. The van der Waals surface area contributed by atoms with Crippen molar-refractivity contribution in [2.24, 2.45) is 0 Å². The van der Waals surface area contributed by atoms with E-state index in [0.717, 1.165) is 25.7 Å². The van der Waals surface area contributed by atoms with Crippen LogP contribution < -0.4 is 5.32 Å². The van der Waals surface area contributed by atoms with Gasteiger partial charge < -0.3 is 10.2 Å². The lowest BCUT2D eigenvalue weighted by Gasteiger charge is -2.33. The van der Waals surface area contributed by atoms with Crippen molar-refractivity contribution < 1.29 is 14.0 Å². The second-order valence-electron chi connectivity index (χ2n) is 8.57. The molecule has 1 aliphatic carbocycles. The summed E-state index contributed by atoms with van der Waals surface area (Å²) in [4.78, 5) is 28.2. The zero-order valence-corrected chi connectivity index (χ0v) is 21.7. The topological polar surface area (TPSA) is 49.4 Å². The molecule has 3 rings (SSSR count). The standard InChI is InChI=1S/C26H31Cl2FN2O2S/c1-2-24(26(33)30-19-10-4-3-5-11-19)31(15-20-21(27)12-8-13-22(20)28)25(32)17-34-16-18-9-6-7-14-23(18)29/h6-9,12-14,19,24H,2-5,10-11,15-17H2,1H3,(H,30,33). The summed E-state index contributed by atoms with van der Waals surface area (Å²) in [6.07, 6.45) is 5.79. The third-order valence-electron chi connectivity index (χ3n) is 6.17. The van der Waals surface area contributed by atoms with Crippen LogP contribution in [0.5, 0.6) is 0 Å². The molecule has 4 nitrogen and oxygen atoms in total. The van der Waals surface area contributed by atoms with Gasteiger partial charge in [-0.1, -0.05) is 73.7 Å². The fraction of sp³-hybridized carbons (Fsp3) is 0.462. The average Bonchev–Trinajstić information content (AvgIpc) is 2.82. The van der Waals surface area contributed by atoms with E-state index in [0.29, 0.717) is 33.3 Å². The van der Waals surface area contributed by atoms with Crippen molar-refractivity contribution in [2.75, 3.05) is 5.75 Å². The van der Waals surface area contributed by atoms with E-state index in [9.17, 15) is 14.0 Å². The Morgan fingerprint density at radius 3 is 2.41 bits per heavy atom. The number of carbonyl (C=O) groups is 2. The Kier molecular flexibility index (Phi) is 10.5. The molecular formula is C26H31Cl2FN2O2S. The van der Waals surface area contributed by atoms with Crippen molar-refractivity contribution >= 4 is 46.8 Å². The number of nitrogens with one attached hydrogen (secondary N) is 1. The van der Waals surface area contributed by atoms with E-state index < -0.39 is 6.04 Å². The first-order valence-corrected chi connectivity index (χ1v) is 13.7. The summed E-state index contributed by atoms with van der Waals surface area (Å²) in [5, 5.41) is 4.06. The van der Waals surface area contributed by atoms with E-state index in [4.69, 9.17) is 23.2 Å². The number of rotatable bonds is 10. The number of amides is 2. The summed E-state index contributed by atoms with van der Waals surface area (Å²) in [6.45, 7) is 2.03. The van der Waals surface area contributed by atoms with Crippen molar-refractivity contribution in [2.45, 2.75) is 69.8 Å². The van der Waals surface area contributed by atoms with Gasteiger partial charge in [0.2, 0.25) is 11.8 Å². The Hall–Kier alpha value is -1.76. The Labute approximate surface area is 215 Å². The first-order chi connectivity index (χ1) is 16.4. The van der Waals surface area contributed by atoms with Crippen LogP contribution in [0.4, 0.5) is 4.39 Å². The van der Waals surface area contributed by atoms with Crippen LogP contribution in [0.15, 0.2) is 42.5 Å². The summed E-state index contributed by atoms with van der Waals surface area (Å²) in [5.74, 6) is -0.165. The molecule has 0 radical (unpaired) electrons. The molecule has 184 valence electrons. The van der Waals surface area contributed by atoms with Crippen LogP contribution >= 0.6 is 35.0 Å². The molecule has 2 aromatic carbocycles. The molecule has 1 N–H and O–H groups in total. The minimum atomic E-state index is -0.643. The van der Waals surface area contributed by atoms with Crippen molar-refractivity contribution in [3.8, 4) is 0 Å². The normalized spacial score (nSPS) is 15.1. The number of nitrogens with zero attached hydrogens (tertiary/aromatic N) is 1. The van der Waals surface area contributed by atoms with Crippen molar-refractivity contribution in [1.82, 2.24) is 10.2 Å². The zero-order valence-electron chi connectivity index (χ0n) is 19.4. The molecule has 0 heterocycles. The monoisotopic (exact) mass is 524 g/mol. The average molecular weight is 526 g/mol. The highest BCUT2D eigenvalue weighted by atomic mass is 35.5. The van der Waals surface area contributed by atoms with Crippen LogP contribution in [0, 0.1) is 5.82 Å². The quantitative estimate of drug-likeness (QED) is 0.379. The van der Waals surface area contributed by atoms with Crippen molar-refractivity contribution in [3.63, 3.8) is 0 Å². The van der Waals surface area contributed by atoms with Crippen LogP contribution in [0.25, 0.3) is 0 Å². The molecule has 0 aliphatic heterocycles. The molecule has 0 bridgehead atoms. The largest absolute Gasteiger partial charge is 0.352 e. The number of thioether (sulfide) groups is 1. The fourth-order valence-corrected chi connectivity index (χ4v) is 5.68. The number of benzene rings is 2. The Bertz CT molecular complexity index is 965. The molecule has 1 fully saturated rings. The predicted octanol–water partition coefficient (Wildman–Crippen LogP) is 6.62. The number of halogens is 3. The highest BCUT2D eigenvalue weighted by molar-refractivity contribution is 7.99. The second kappa shape index (κ2) is 13.4. The minimum absolute atomic E-state index is 0.115. The molecule has 0 spiro atoms. The highest BCUT2D eigenvalue weighted by Crippen LogP contribution is 2.28. The fourth-order valence-electron chi connectivity index (χ4n) is 4.26. The van der Waals surface area contributed by atoms with E-state index in [1.54, 1.807) is 41.3 Å². The van der Waals surface area contributed by atoms with Crippen molar-refractivity contribution in [3.05, 3.63) is 69.5 Å². The van der Waals surface area contributed by atoms with Gasteiger partial charge in [0.15, 0.2) is 0 Å². The van der Waals surface area contributed by atoms with Crippen molar-refractivity contribution in [1.29, 1.82) is 0 Å². The molecule has 8 heteroatoms. The van der Waals surface area contributed by atoms with E-state index in [1.165, 1.54) is 24.2 Å². The van der Waals surface area contributed by atoms with E-state index in [1.807, 2.05) is 6.92 Å². The molecular weight excluding hydrogens is 494 g/mol. The second-order valence-corrected chi connectivity index (χ2v) is 10.4. The van der Waals surface area contributed by atoms with Gasteiger partial charge in [-0.15, -0.1) is 11.8 Å². The van der Waals surface area contributed by atoms with E-state index in [2.05, 4.69) is 5.32 Å². The van der Waals surface area contributed by atoms with Gasteiger partial charge in [0, 0.05) is 33.9 Å². The summed E-state index contributed by atoms with van der Waals surface area (Å²) in [7, 11) is 0. The maximum absolute atomic E-state index is 14.0. The number of hydrogen-bond donors (Lipinski definition) is 1. The summed E-state index contributed by atoms with van der Waals surface area (Å²) in [5.41, 5.74) is 1.16. The molecule has 0 saturated heterocycles. The van der Waals surface area contributed by atoms with Crippen LogP contribution in [-0.2, 0) is 21.9 Å². The van der Waals surface area contributed by atoms with Crippen LogP contribution in [0.2, 0.25) is 10.0 Å². The predicted molar refractivity (Wildman–Crippen MR) is 139 cm³/mol. The van der Waals surface area contributed by atoms with Crippen LogP contribution in [0.3, 0.4) is 0 Å². The Morgan fingerprint density at radius 1 is 1.09 bits per heavy atom. The molecule has 0 aromatic heterocycles. The molecule has 2 aromatic rings. The SMILES string of the molecule is CCC(C(=O)NC1CCCCC1)N(Cc1c(Cl)cccc1Cl)C(=O)CSCc1ccccc1F. The van der Waals surface area contributed by atoms with Gasteiger partial charge in [0.1, 0.15) is 11.9 Å². The molecule has 34 heavy (non-hydrogen) atoms. The lowest BCUT2D eigenvalue weighted by atomic mass is 9.95. The van der Waals surface area contributed by atoms with Gasteiger partial charge in [-0.25, -0.2) is 4.39 Å². The maximum Gasteiger partial charge on any atom is 0.243 e. The summed E-state index contributed by atoms with van der Waals surface area (Å²) < 4.78 is 14.0. The van der Waals surface area contributed by atoms with Crippen LogP contribution in [-0.4, -0.2) is 34.6 Å². The molecule has 1 saturated carbocycles. The van der Waals surface area contributed by atoms with Gasteiger partial charge in [-0.05, 0) is 43.0 Å². The van der Waals surface area contributed by atoms with Gasteiger partial charge >= 0.3 is 0 Å². The number of hydrogen-bond acceptors (Lipinski definition) is 3. The van der Waals surface area contributed by atoms with Gasteiger partial charge in [-0.2, -0.15) is 0 Å². The van der Waals surface area contributed by atoms with E-state index >= 15 is 0 Å². The Balaban J connectivity index is 1.76. The lowest BCUT2D eigenvalue weighted by Crippen LogP contribution is -2.52. The third kappa shape index (κ3) is 7.37. The lowest BCUT2D eigenvalue weighted by molar-refractivity contribution is -0.139. The highest BCUT2D eigenvalue weighted by Gasteiger charge is 2.31. The molecule has 1 atom stereocenters. The van der Waals surface area contributed by atoms with Gasteiger partial charge in [-0.3, -0.25) is 9.59 Å². The zero-order chi connectivity index (χ0) is 24.5. The van der Waals surface area contributed by atoms with Gasteiger partial charge in [0.05, 0.1) is 5.75 Å². The van der Waals surface area contributed by atoms with E-state index in [-0.39, 0.29) is 36.0 Å². The smallest absolute Gasteiger partial charge is 0.243 e.